The van der Waals surface area contributed by atoms with Crippen LogP contribution in [0.15, 0.2) is 24.3 Å². The van der Waals surface area contributed by atoms with Gasteiger partial charge in [-0.2, -0.15) is 0 Å². The summed E-state index contributed by atoms with van der Waals surface area (Å²) in [5.74, 6) is 0.167. The molecule has 1 aromatic carbocycles. The lowest BCUT2D eigenvalue weighted by Crippen LogP contribution is -2.26. The second kappa shape index (κ2) is 5.68. The van der Waals surface area contributed by atoms with Gasteiger partial charge in [0, 0.05) is 19.0 Å². The highest BCUT2D eigenvalue weighted by atomic mass is 16.4. The molecule has 5 nitrogen and oxygen atoms in total. The van der Waals surface area contributed by atoms with E-state index < -0.39 is 5.97 Å². The molecule has 1 heterocycles. The summed E-state index contributed by atoms with van der Waals surface area (Å²) in [4.78, 5) is 21.7. The number of aromatic carboxylic acids is 1. The molecule has 0 amide bonds. The summed E-state index contributed by atoms with van der Waals surface area (Å²) in [5.41, 5.74) is 0.679. The van der Waals surface area contributed by atoms with Crippen LogP contribution >= 0.6 is 0 Å². The molecule has 0 aliphatic heterocycles. The van der Waals surface area contributed by atoms with Gasteiger partial charge in [0.15, 0.2) is 0 Å². The van der Waals surface area contributed by atoms with E-state index in [2.05, 4.69) is 14.9 Å². The standard InChI is InChI=1S/C16H19N3O2/c1-19(10-11-6-2-3-7-11)15-12-8-4-5-9-13(12)17-14(18-15)16(20)21/h4-5,8-9,11H,2-3,6-7,10H2,1H3,(H,20,21). The average molecular weight is 285 g/mol. The van der Waals surface area contributed by atoms with Crippen LogP contribution in [-0.2, 0) is 0 Å². The van der Waals surface area contributed by atoms with Crippen LogP contribution < -0.4 is 4.90 Å². The second-order valence-corrected chi connectivity index (χ2v) is 5.72. The quantitative estimate of drug-likeness (QED) is 0.935. The van der Waals surface area contributed by atoms with Crippen molar-refractivity contribution in [2.75, 3.05) is 18.5 Å². The van der Waals surface area contributed by atoms with Crippen molar-refractivity contribution >= 4 is 22.7 Å². The lowest BCUT2D eigenvalue weighted by molar-refractivity contribution is 0.0684. The third-order valence-electron chi connectivity index (χ3n) is 4.14. The summed E-state index contributed by atoms with van der Waals surface area (Å²) in [6.45, 7) is 0.917. The number of carboxylic acids is 1. The normalized spacial score (nSPS) is 15.5. The van der Waals surface area contributed by atoms with Gasteiger partial charge in [0.05, 0.1) is 5.52 Å². The number of rotatable bonds is 4. The van der Waals surface area contributed by atoms with Gasteiger partial charge in [-0.3, -0.25) is 0 Å². The number of aromatic nitrogens is 2. The van der Waals surface area contributed by atoms with Gasteiger partial charge in [0.1, 0.15) is 5.82 Å². The molecule has 0 atom stereocenters. The van der Waals surface area contributed by atoms with E-state index in [1.165, 1.54) is 25.7 Å². The summed E-state index contributed by atoms with van der Waals surface area (Å²) in [7, 11) is 1.98. The zero-order chi connectivity index (χ0) is 14.8. The second-order valence-electron chi connectivity index (χ2n) is 5.72. The first-order valence-electron chi connectivity index (χ1n) is 7.36. The number of carbonyl (C=O) groups is 1. The van der Waals surface area contributed by atoms with Crippen molar-refractivity contribution < 1.29 is 9.90 Å². The Morgan fingerprint density at radius 3 is 2.71 bits per heavy atom. The number of fused-ring (bicyclic) bond motifs is 1. The van der Waals surface area contributed by atoms with Gasteiger partial charge in [-0.1, -0.05) is 25.0 Å². The summed E-state index contributed by atoms with van der Waals surface area (Å²) in [6, 6.07) is 7.57. The van der Waals surface area contributed by atoms with Crippen molar-refractivity contribution in [1.29, 1.82) is 0 Å². The smallest absolute Gasteiger partial charge is 0.374 e. The number of carboxylic acid groups (broad SMARTS) is 1. The minimum Gasteiger partial charge on any atom is -0.475 e. The molecule has 1 aliphatic rings. The molecule has 110 valence electrons. The van der Waals surface area contributed by atoms with Gasteiger partial charge < -0.3 is 10.0 Å². The fraction of sp³-hybridized carbons (Fsp3) is 0.438. The van der Waals surface area contributed by atoms with Crippen LogP contribution in [0.5, 0.6) is 0 Å². The van der Waals surface area contributed by atoms with Crippen molar-refractivity contribution in [3.63, 3.8) is 0 Å². The highest BCUT2D eigenvalue weighted by Crippen LogP contribution is 2.29. The van der Waals surface area contributed by atoms with Crippen LogP contribution in [0.1, 0.15) is 36.3 Å². The molecule has 0 bridgehead atoms. The number of nitrogens with zero attached hydrogens (tertiary/aromatic N) is 3. The molecule has 1 aliphatic carbocycles. The van der Waals surface area contributed by atoms with Crippen molar-refractivity contribution in [2.45, 2.75) is 25.7 Å². The van der Waals surface area contributed by atoms with E-state index in [9.17, 15) is 9.90 Å². The van der Waals surface area contributed by atoms with Crippen LogP contribution in [0.4, 0.5) is 5.82 Å². The van der Waals surface area contributed by atoms with E-state index >= 15 is 0 Å². The Labute approximate surface area is 123 Å². The van der Waals surface area contributed by atoms with Gasteiger partial charge in [-0.25, -0.2) is 14.8 Å². The molecular weight excluding hydrogens is 266 g/mol. The molecule has 1 N–H and O–H groups in total. The lowest BCUT2D eigenvalue weighted by atomic mass is 10.1. The third-order valence-corrected chi connectivity index (χ3v) is 4.14. The van der Waals surface area contributed by atoms with E-state index in [-0.39, 0.29) is 5.82 Å². The Kier molecular flexibility index (Phi) is 3.73. The zero-order valence-electron chi connectivity index (χ0n) is 12.1. The number of benzene rings is 1. The number of hydrogen-bond donors (Lipinski definition) is 1. The van der Waals surface area contributed by atoms with Gasteiger partial charge in [-0.15, -0.1) is 0 Å². The topological polar surface area (TPSA) is 66.3 Å². The first-order chi connectivity index (χ1) is 10.1. The Morgan fingerprint density at radius 2 is 2.00 bits per heavy atom. The molecule has 0 radical (unpaired) electrons. The van der Waals surface area contributed by atoms with Crippen LogP contribution in [0, 0.1) is 5.92 Å². The van der Waals surface area contributed by atoms with Gasteiger partial charge >= 0.3 is 5.97 Å². The maximum Gasteiger partial charge on any atom is 0.374 e. The van der Waals surface area contributed by atoms with E-state index in [0.29, 0.717) is 17.3 Å². The monoisotopic (exact) mass is 285 g/mol. The maximum atomic E-state index is 11.2. The van der Waals surface area contributed by atoms with Crippen LogP contribution in [-0.4, -0.2) is 34.6 Å². The highest BCUT2D eigenvalue weighted by Gasteiger charge is 2.20. The van der Waals surface area contributed by atoms with Crippen LogP contribution in [0.3, 0.4) is 0 Å². The summed E-state index contributed by atoms with van der Waals surface area (Å²) >= 11 is 0. The molecule has 0 saturated heterocycles. The molecule has 1 saturated carbocycles. The Bertz CT molecular complexity index is 666. The predicted octanol–water partition coefficient (Wildman–Crippen LogP) is 2.95. The molecule has 0 unspecified atom stereocenters. The number of anilines is 1. The number of para-hydroxylation sites is 1. The van der Waals surface area contributed by atoms with Gasteiger partial charge in [0.25, 0.3) is 0 Å². The van der Waals surface area contributed by atoms with E-state index in [1.807, 2.05) is 31.3 Å². The van der Waals surface area contributed by atoms with E-state index in [0.717, 1.165) is 11.9 Å². The summed E-state index contributed by atoms with van der Waals surface area (Å²) < 4.78 is 0. The van der Waals surface area contributed by atoms with Crippen LogP contribution in [0.2, 0.25) is 0 Å². The number of hydrogen-bond acceptors (Lipinski definition) is 4. The fourth-order valence-electron chi connectivity index (χ4n) is 3.11. The molecule has 0 spiro atoms. The summed E-state index contributed by atoms with van der Waals surface area (Å²) in [6.07, 6.45) is 5.09. The SMILES string of the molecule is CN(CC1CCCC1)c1nc(C(=O)O)nc2ccccc12. The fourth-order valence-corrected chi connectivity index (χ4v) is 3.11. The van der Waals surface area contributed by atoms with Gasteiger partial charge in [-0.05, 0) is 30.9 Å². The maximum absolute atomic E-state index is 11.2. The van der Waals surface area contributed by atoms with Gasteiger partial charge in [0.2, 0.25) is 5.82 Å². The molecule has 1 aromatic heterocycles. The first-order valence-corrected chi connectivity index (χ1v) is 7.36. The Hall–Kier alpha value is -2.17. The highest BCUT2D eigenvalue weighted by molar-refractivity contribution is 5.93. The first kappa shape index (κ1) is 13.8. The molecular formula is C16H19N3O2. The average Bonchev–Trinajstić information content (AvgIpc) is 2.98. The third kappa shape index (κ3) is 2.82. The zero-order valence-corrected chi connectivity index (χ0v) is 12.1. The molecule has 21 heavy (non-hydrogen) atoms. The van der Waals surface area contributed by atoms with Crippen molar-refractivity contribution in [3.8, 4) is 0 Å². The lowest BCUT2D eigenvalue weighted by Gasteiger charge is -2.23. The molecule has 3 rings (SSSR count). The Balaban J connectivity index is 2.00. The minimum atomic E-state index is -1.09. The molecule has 2 aromatic rings. The van der Waals surface area contributed by atoms with Crippen molar-refractivity contribution in [1.82, 2.24) is 9.97 Å². The van der Waals surface area contributed by atoms with Crippen LogP contribution in [0.25, 0.3) is 10.9 Å². The molecule has 1 fully saturated rings. The Morgan fingerprint density at radius 1 is 1.29 bits per heavy atom. The molecule has 5 heteroatoms. The van der Waals surface area contributed by atoms with E-state index in [1.54, 1.807) is 0 Å². The van der Waals surface area contributed by atoms with Crippen molar-refractivity contribution in [2.24, 2.45) is 5.92 Å². The van der Waals surface area contributed by atoms with E-state index in [4.69, 9.17) is 0 Å². The van der Waals surface area contributed by atoms with Crippen molar-refractivity contribution in [3.05, 3.63) is 30.1 Å². The largest absolute Gasteiger partial charge is 0.475 e. The summed E-state index contributed by atoms with van der Waals surface area (Å²) in [5, 5.41) is 10.1. The minimum absolute atomic E-state index is 0.137. The predicted molar refractivity (Wildman–Crippen MR) is 81.7 cm³/mol.